The maximum atomic E-state index is 8.97. The van der Waals surface area contributed by atoms with Crippen LogP contribution in [-0.4, -0.2) is 15.1 Å². The fraction of sp³-hybridized carbons (Fsp3) is 0.222. The van der Waals surface area contributed by atoms with Crippen molar-refractivity contribution in [3.63, 3.8) is 0 Å². The maximum Gasteiger partial charge on any atom is 0.104 e. The highest BCUT2D eigenvalue weighted by molar-refractivity contribution is 6.32. The predicted octanol–water partition coefficient (Wildman–Crippen LogP) is 2.02. The number of aromatic nitrogens is 2. The molecule has 2 aromatic rings. The number of aliphatic hydroxyl groups is 1. The van der Waals surface area contributed by atoms with Gasteiger partial charge < -0.3 is 10.1 Å². The minimum absolute atomic E-state index is 0.0488. The van der Waals surface area contributed by atoms with Crippen molar-refractivity contribution in [3.8, 4) is 0 Å². The fourth-order valence-electron chi connectivity index (χ4n) is 1.32. The van der Waals surface area contributed by atoms with Crippen molar-refractivity contribution in [3.05, 3.63) is 28.5 Å². The van der Waals surface area contributed by atoms with Gasteiger partial charge in [-0.05, 0) is 24.6 Å². The lowest BCUT2D eigenvalue weighted by Gasteiger charge is -1.98. The molecule has 0 amide bonds. The molecule has 0 spiro atoms. The number of hydrogen-bond donors (Lipinski definition) is 2. The summed E-state index contributed by atoms with van der Waals surface area (Å²) in [7, 11) is 0. The summed E-state index contributed by atoms with van der Waals surface area (Å²) in [5.74, 6) is 0.848. The number of aryl methyl sites for hydroxylation is 1. The van der Waals surface area contributed by atoms with Crippen LogP contribution in [0.5, 0.6) is 0 Å². The average molecular weight is 197 g/mol. The molecule has 0 aliphatic rings. The number of halogens is 1. The molecule has 1 heterocycles. The summed E-state index contributed by atoms with van der Waals surface area (Å²) in [5, 5.41) is 9.52. The molecule has 2 N–H and O–H groups in total. The number of benzene rings is 1. The molecule has 1 aromatic carbocycles. The molecule has 0 saturated heterocycles. The lowest BCUT2D eigenvalue weighted by Crippen LogP contribution is -1.84. The van der Waals surface area contributed by atoms with E-state index in [1.165, 1.54) is 0 Å². The molecular formula is C9H9ClN2O. The molecule has 4 heteroatoms. The van der Waals surface area contributed by atoms with Gasteiger partial charge in [0.05, 0.1) is 17.6 Å². The van der Waals surface area contributed by atoms with Gasteiger partial charge in [0.15, 0.2) is 0 Å². The lowest BCUT2D eigenvalue weighted by molar-refractivity contribution is 0.282. The molecule has 0 saturated carbocycles. The van der Waals surface area contributed by atoms with Crippen LogP contribution in [0.2, 0.25) is 5.02 Å². The summed E-state index contributed by atoms with van der Waals surface area (Å²) < 4.78 is 0. The zero-order valence-electron chi connectivity index (χ0n) is 7.13. The highest BCUT2D eigenvalue weighted by Crippen LogP contribution is 2.22. The Labute approximate surface area is 80.4 Å². The van der Waals surface area contributed by atoms with Crippen molar-refractivity contribution in [1.29, 1.82) is 0 Å². The maximum absolute atomic E-state index is 8.97. The average Bonchev–Trinajstić information content (AvgIpc) is 2.42. The molecule has 0 aliphatic carbocycles. The van der Waals surface area contributed by atoms with E-state index in [1.54, 1.807) is 6.07 Å². The van der Waals surface area contributed by atoms with E-state index in [-0.39, 0.29) is 6.61 Å². The normalized spacial score (nSPS) is 11.0. The number of hydrogen-bond acceptors (Lipinski definition) is 2. The van der Waals surface area contributed by atoms with Gasteiger partial charge in [-0.25, -0.2) is 4.98 Å². The molecule has 0 bridgehead atoms. The Bertz CT molecular complexity index is 450. The molecule has 0 fully saturated rings. The second-order valence-corrected chi connectivity index (χ2v) is 3.35. The van der Waals surface area contributed by atoms with Gasteiger partial charge in [-0.15, -0.1) is 0 Å². The molecule has 0 atom stereocenters. The molecule has 68 valence electrons. The Hall–Kier alpha value is -1.06. The van der Waals surface area contributed by atoms with Gasteiger partial charge in [-0.2, -0.15) is 0 Å². The molecule has 1 aromatic heterocycles. The SMILES string of the molecule is Cc1nc2cc(Cl)c(CO)cc2[nH]1. The van der Waals surface area contributed by atoms with Crippen LogP contribution in [0.25, 0.3) is 11.0 Å². The largest absolute Gasteiger partial charge is 0.392 e. The number of aromatic amines is 1. The smallest absolute Gasteiger partial charge is 0.104 e. The summed E-state index contributed by atoms with van der Waals surface area (Å²) in [6, 6.07) is 3.57. The number of aliphatic hydroxyl groups excluding tert-OH is 1. The van der Waals surface area contributed by atoms with Crippen LogP contribution < -0.4 is 0 Å². The van der Waals surface area contributed by atoms with Gasteiger partial charge in [-0.1, -0.05) is 11.6 Å². The van der Waals surface area contributed by atoms with Crippen LogP contribution in [0, 0.1) is 6.92 Å². The van der Waals surface area contributed by atoms with Crippen molar-refractivity contribution < 1.29 is 5.11 Å². The quantitative estimate of drug-likeness (QED) is 0.733. The van der Waals surface area contributed by atoms with Gasteiger partial charge in [0, 0.05) is 5.02 Å². The van der Waals surface area contributed by atoms with Gasteiger partial charge >= 0.3 is 0 Å². The topological polar surface area (TPSA) is 48.9 Å². The molecular weight excluding hydrogens is 188 g/mol. The van der Waals surface area contributed by atoms with Crippen LogP contribution in [0.4, 0.5) is 0 Å². The van der Waals surface area contributed by atoms with Crippen molar-refractivity contribution in [2.45, 2.75) is 13.5 Å². The standard InChI is InChI=1S/C9H9ClN2O/c1-5-11-8-2-6(4-13)7(10)3-9(8)12-5/h2-3,13H,4H2,1H3,(H,11,12). The van der Waals surface area contributed by atoms with Crippen LogP contribution in [0.3, 0.4) is 0 Å². The predicted molar refractivity (Wildman–Crippen MR) is 51.8 cm³/mol. The molecule has 2 rings (SSSR count). The Balaban J connectivity index is 2.72. The summed E-state index contributed by atoms with van der Waals surface area (Å²) in [5.41, 5.74) is 2.46. The Morgan fingerprint density at radius 2 is 2.31 bits per heavy atom. The van der Waals surface area contributed by atoms with Crippen LogP contribution in [-0.2, 0) is 6.61 Å². The second-order valence-electron chi connectivity index (χ2n) is 2.94. The summed E-state index contributed by atoms with van der Waals surface area (Å²) in [6.45, 7) is 1.83. The summed E-state index contributed by atoms with van der Waals surface area (Å²) in [6.07, 6.45) is 0. The van der Waals surface area contributed by atoms with Crippen LogP contribution in [0.15, 0.2) is 12.1 Å². The van der Waals surface area contributed by atoms with Gasteiger partial charge in [-0.3, -0.25) is 0 Å². The molecule has 13 heavy (non-hydrogen) atoms. The summed E-state index contributed by atoms with van der Waals surface area (Å²) in [4.78, 5) is 7.31. The Morgan fingerprint density at radius 1 is 1.54 bits per heavy atom. The van der Waals surface area contributed by atoms with E-state index in [0.717, 1.165) is 22.4 Å². The van der Waals surface area contributed by atoms with Crippen LogP contribution in [0.1, 0.15) is 11.4 Å². The minimum Gasteiger partial charge on any atom is -0.392 e. The van der Waals surface area contributed by atoms with E-state index in [9.17, 15) is 0 Å². The van der Waals surface area contributed by atoms with E-state index in [0.29, 0.717) is 5.02 Å². The molecule has 0 radical (unpaired) electrons. The number of rotatable bonds is 1. The van der Waals surface area contributed by atoms with Gasteiger partial charge in [0.2, 0.25) is 0 Å². The zero-order valence-corrected chi connectivity index (χ0v) is 7.89. The van der Waals surface area contributed by atoms with Crippen LogP contribution >= 0.6 is 11.6 Å². The number of fused-ring (bicyclic) bond motifs is 1. The number of nitrogens with zero attached hydrogens (tertiary/aromatic N) is 1. The van der Waals surface area contributed by atoms with E-state index >= 15 is 0 Å². The minimum atomic E-state index is -0.0488. The van der Waals surface area contributed by atoms with Gasteiger partial charge in [0.25, 0.3) is 0 Å². The summed E-state index contributed by atoms with van der Waals surface area (Å²) >= 11 is 5.90. The molecule has 0 unspecified atom stereocenters. The van der Waals surface area contributed by atoms with Crippen molar-refractivity contribution in [2.24, 2.45) is 0 Å². The third-order valence-electron chi connectivity index (χ3n) is 1.94. The molecule has 3 nitrogen and oxygen atoms in total. The third kappa shape index (κ3) is 1.41. The first kappa shape index (κ1) is 8.53. The van der Waals surface area contributed by atoms with Gasteiger partial charge in [0.1, 0.15) is 5.82 Å². The van der Waals surface area contributed by atoms with Crippen molar-refractivity contribution >= 4 is 22.6 Å². The van der Waals surface area contributed by atoms with E-state index in [1.807, 2.05) is 13.0 Å². The van der Waals surface area contributed by atoms with E-state index in [2.05, 4.69) is 9.97 Å². The van der Waals surface area contributed by atoms with Crippen molar-refractivity contribution in [2.75, 3.05) is 0 Å². The molecule has 0 aliphatic heterocycles. The first-order chi connectivity index (χ1) is 6.20. The Morgan fingerprint density at radius 3 is 3.00 bits per heavy atom. The Kier molecular flexibility index (Phi) is 1.98. The fourth-order valence-corrected chi connectivity index (χ4v) is 1.54. The highest BCUT2D eigenvalue weighted by atomic mass is 35.5. The first-order valence-corrected chi connectivity index (χ1v) is 4.34. The van der Waals surface area contributed by atoms with E-state index in [4.69, 9.17) is 16.7 Å². The zero-order chi connectivity index (χ0) is 9.42. The monoisotopic (exact) mass is 196 g/mol. The lowest BCUT2D eigenvalue weighted by atomic mass is 10.2. The number of H-pyrrole nitrogens is 1. The second kappa shape index (κ2) is 3.01. The highest BCUT2D eigenvalue weighted by Gasteiger charge is 2.04. The number of nitrogens with one attached hydrogen (secondary N) is 1. The first-order valence-electron chi connectivity index (χ1n) is 3.96. The van der Waals surface area contributed by atoms with E-state index < -0.39 is 0 Å². The third-order valence-corrected chi connectivity index (χ3v) is 2.29. The number of imidazole rings is 1. The van der Waals surface area contributed by atoms with Crippen molar-refractivity contribution in [1.82, 2.24) is 9.97 Å².